The minimum atomic E-state index is -0.389. The molecule has 1 rings (SSSR count). The highest BCUT2D eigenvalue weighted by molar-refractivity contribution is 5.85. The summed E-state index contributed by atoms with van der Waals surface area (Å²) in [5.74, 6) is -0.295. The molecule has 1 aliphatic heterocycles. The second-order valence-electron chi connectivity index (χ2n) is 2.68. The largest absolute Gasteiger partial charge is 0.467 e. The van der Waals surface area contributed by atoms with E-state index in [-0.39, 0.29) is 30.5 Å². The van der Waals surface area contributed by atoms with Crippen molar-refractivity contribution in [1.29, 1.82) is 0 Å². The molecule has 0 amide bonds. The highest BCUT2D eigenvalue weighted by atomic mass is 35.5. The molecule has 0 aliphatic carbocycles. The van der Waals surface area contributed by atoms with Gasteiger partial charge in [-0.15, -0.1) is 12.4 Å². The first-order valence-corrected chi connectivity index (χ1v) is 3.69. The van der Waals surface area contributed by atoms with Crippen molar-refractivity contribution in [3.8, 4) is 0 Å². The molecular formula is C7H14ClNO3. The average Bonchev–Trinajstić information content (AvgIpc) is 2.05. The Bertz CT molecular complexity index is 146. The fourth-order valence-corrected chi connectivity index (χ4v) is 1.09. The zero-order chi connectivity index (χ0) is 8.27. The van der Waals surface area contributed by atoms with E-state index in [1.807, 2.05) is 0 Å². The molecule has 2 N–H and O–H groups in total. The maximum atomic E-state index is 10.9. The number of esters is 1. The minimum Gasteiger partial charge on any atom is -0.467 e. The van der Waals surface area contributed by atoms with Gasteiger partial charge in [0.25, 0.3) is 0 Å². The first-order valence-electron chi connectivity index (χ1n) is 3.69. The molecule has 0 aromatic rings. The van der Waals surface area contributed by atoms with E-state index in [0.29, 0.717) is 13.0 Å². The van der Waals surface area contributed by atoms with E-state index in [1.54, 1.807) is 0 Å². The Labute approximate surface area is 77.8 Å². The Morgan fingerprint density at radius 3 is 2.67 bits per heavy atom. The molecule has 1 aliphatic rings. The molecule has 0 saturated carbocycles. The van der Waals surface area contributed by atoms with Gasteiger partial charge in [-0.3, -0.25) is 0 Å². The predicted molar refractivity (Wildman–Crippen MR) is 46.2 cm³/mol. The van der Waals surface area contributed by atoms with Gasteiger partial charge in [-0.05, 0) is 12.8 Å². The molecule has 5 heteroatoms. The van der Waals surface area contributed by atoms with Gasteiger partial charge in [-0.2, -0.15) is 0 Å². The summed E-state index contributed by atoms with van der Waals surface area (Å²) in [5.41, 5.74) is 5.56. The van der Waals surface area contributed by atoms with Crippen LogP contribution in [0.4, 0.5) is 0 Å². The normalized spacial score (nSPS) is 28.8. The molecule has 0 unspecified atom stereocenters. The summed E-state index contributed by atoms with van der Waals surface area (Å²) in [6.45, 7) is 0.458. The first-order chi connectivity index (χ1) is 5.24. The van der Waals surface area contributed by atoms with Crippen molar-refractivity contribution in [1.82, 2.24) is 0 Å². The number of ether oxygens (including phenoxy) is 2. The zero-order valence-electron chi connectivity index (χ0n) is 6.99. The molecule has 1 heterocycles. The van der Waals surface area contributed by atoms with Crippen molar-refractivity contribution in [2.45, 2.75) is 25.0 Å². The smallest absolute Gasteiger partial charge is 0.334 e. The second-order valence-corrected chi connectivity index (χ2v) is 2.68. The van der Waals surface area contributed by atoms with E-state index in [9.17, 15) is 4.79 Å². The van der Waals surface area contributed by atoms with Gasteiger partial charge in [0.1, 0.15) is 0 Å². The predicted octanol–water partition coefficient (Wildman–Crippen LogP) is 0.0875. The zero-order valence-corrected chi connectivity index (χ0v) is 7.80. The summed E-state index contributed by atoms with van der Waals surface area (Å²) >= 11 is 0. The van der Waals surface area contributed by atoms with Gasteiger partial charge in [-0.1, -0.05) is 0 Å². The van der Waals surface area contributed by atoms with Crippen LogP contribution >= 0.6 is 12.4 Å². The lowest BCUT2D eigenvalue weighted by Gasteiger charge is -2.24. The molecular weight excluding hydrogens is 182 g/mol. The van der Waals surface area contributed by atoms with Crippen LogP contribution in [0.1, 0.15) is 12.8 Å². The first kappa shape index (κ1) is 11.7. The van der Waals surface area contributed by atoms with Crippen molar-refractivity contribution < 1.29 is 14.3 Å². The molecule has 0 aromatic heterocycles. The van der Waals surface area contributed by atoms with Crippen LogP contribution in [0.25, 0.3) is 0 Å². The Morgan fingerprint density at radius 2 is 2.25 bits per heavy atom. The maximum Gasteiger partial charge on any atom is 0.334 e. The highest BCUT2D eigenvalue weighted by Crippen LogP contribution is 2.12. The lowest BCUT2D eigenvalue weighted by atomic mass is 10.1. The fourth-order valence-electron chi connectivity index (χ4n) is 1.09. The lowest BCUT2D eigenvalue weighted by Crippen LogP contribution is -2.39. The molecule has 4 nitrogen and oxygen atoms in total. The molecule has 0 aromatic carbocycles. The Hall–Kier alpha value is -0.320. The van der Waals surface area contributed by atoms with Gasteiger partial charge >= 0.3 is 5.97 Å². The number of methoxy groups -OCH3 is 1. The third-order valence-electron chi connectivity index (χ3n) is 1.78. The van der Waals surface area contributed by atoms with Crippen LogP contribution in [0.2, 0.25) is 0 Å². The van der Waals surface area contributed by atoms with Crippen LogP contribution < -0.4 is 5.73 Å². The van der Waals surface area contributed by atoms with Crippen LogP contribution in [-0.4, -0.2) is 31.8 Å². The van der Waals surface area contributed by atoms with Crippen LogP contribution in [0, 0.1) is 0 Å². The van der Waals surface area contributed by atoms with Gasteiger partial charge in [0.2, 0.25) is 0 Å². The van der Waals surface area contributed by atoms with E-state index in [0.717, 1.165) is 6.42 Å². The molecule has 2 atom stereocenters. The van der Waals surface area contributed by atoms with Crippen LogP contribution in [0.5, 0.6) is 0 Å². The Balaban J connectivity index is 0.00000121. The minimum absolute atomic E-state index is 0. The summed E-state index contributed by atoms with van der Waals surface area (Å²) in [7, 11) is 1.36. The lowest BCUT2D eigenvalue weighted by molar-refractivity contribution is -0.157. The molecule has 72 valence electrons. The molecule has 0 spiro atoms. The third-order valence-corrected chi connectivity index (χ3v) is 1.78. The third kappa shape index (κ3) is 2.97. The second kappa shape index (κ2) is 5.35. The van der Waals surface area contributed by atoms with E-state index >= 15 is 0 Å². The molecule has 0 bridgehead atoms. The fraction of sp³-hybridized carbons (Fsp3) is 0.857. The van der Waals surface area contributed by atoms with Crippen LogP contribution in [0.3, 0.4) is 0 Å². The number of carbonyl (C=O) groups is 1. The SMILES string of the molecule is COC(=O)[C@@H]1CC[C@@H](N)CO1.Cl. The van der Waals surface area contributed by atoms with Gasteiger partial charge in [-0.25, -0.2) is 4.79 Å². The highest BCUT2D eigenvalue weighted by Gasteiger charge is 2.25. The summed E-state index contributed by atoms with van der Waals surface area (Å²) in [6, 6.07) is 0.0795. The molecule has 0 radical (unpaired) electrons. The molecule has 12 heavy (non-hydrogen) atoms. The molecule has 1 saturated heterocycles. The number of hydrogen-bond donors (Lipinski definition) is 1. The number of halogens is 1. The van der Waals surface area contributed by atoms with E-state index < -0.39 is 0 Å². The molecule has 1 fully saturated rings. The average molecular weight is 196 g/mol. The Kier molecular flexibility index (Phi) is 5.20. The van der Waals surface area contributed by atoms with Gasteiger partial charge in [0, 0.05) is 6.04 Å². The van der Waals surface area contributed by atoms with Gasteiger partial charge < -0.3 is 15.2 Å². The summed E-state index contributed by atoms with van der Waals surface area (Å²) in [5, 5.41) is 0. The number of rotatable bonds is 1. The van der Waals surface area contributed by atoms with Crippen LogP contribution in [0.15, 0.2) is 0 Å². The Morgan fingerprint density at radius 1 is 1.58 bits per heavy atom. The van der Waals surface area contributed by atoms with Crippen molar-refractivity contribution >= 4 is 18.4 Å². The number of carbonyl (C=O) groups excluding carboxylic acids is 1. The van der Waals surface area contributed by atoms with Crippen molar-refractivity contribution in [2.24, 2.45) is 5.73 Å². The van der Waals surface area contributed by atoms with Crippen LogP contribution in [-0.2, 0) is 14.3 Å². The summed E-state index contributed by atoms with van der Waals surface area (Å²) in [6.07, 6.45) is 1.12. The van der Waals surface area contributed by atoms with Gasteiger partial charge in [0.05, 0.1) is 13.7 Å². The summed E-state index contributed by atoms with van der Waals surface area (Å²) < 4.78 is 9.66. The van der Waals surface area contributed by atoms with E-state index in [1.165, 1.54) is 7.11 Å². The topological polar surface area (TPSA) is 61.5 Å². The quantitative estimate of drug-likeness (QED) is 0.603. The van der Waals surface area contributed by atoms with Crippen molar-refractivity contribution in [3.63, 3.8) is 0 Å². The monoisotopic (exact) mass is 195 g/mol. The van der Waals surface area contributed by atoms with E-state index in [4.69, 9.17) is 10.5 Å². The van der Waals surface area contributed by atoms with Crippen molar-refractivity contribution in [2.75, 3.05) is 13.7 Å². The van der Waals surface area contributed by atoms with E-state index in [2.05, 4.69) is 4.74 Å². The van der Waals surface area contributed by atoms with Gasteiger partial charge in [0.15, 0.2) is 6.10 Å². The number of nitrogens with two attached hydrogens (primary N) is 1. The maximum absolute atomic E-state index is 10.9. The standard InChI is InChI=1S/C7H13NO3.ClH/c1-10-7(9)6-3-2-5(8)4-11-6;/h5-6H,2-4,8H2,1H3;1H/t5-,6+;/m1./s1. The summed E-state index contributed by atoms with van der Waals surface area (Å²) in [4.78, 5) is 10.9. The van der Waals surface area contributed by atoms with Crippen molar-refractivity contribution in [3.05, 3.63) is 0 Å². The number of hydrogen-bond acceptors (Lipinski definition) is 4.